The maximum atomic E-state index is 12.2. The Morgan fingerprint density at radius 2 is 1.94 bits per heavy atom. The van der Waals surface area contributed by atoms with Gasteiger partial charge in [0, 0.05) is 13.1 Å². The second-order valence-corrected chi connectivity index (χ2v) is 5.73. The molecule has 0 bridgehead atoms. The molecule has 2 heterocycles. The van der Waals surface area contributed by atoms with Gasteiger partial charge in [0.1, 0.15) is 6.54 Å². The molecule has 1 aliphatic rings. The molecule has 0 aromatic carbocycles. The van der Waals surface area contributed by atoms with E-state index in [0.717, 1.165) is 13.1 Å². The standard InChI is InChI=1S/C11H16Cl2N4O/c1-7-3-8(2)5-16(4-7)9(18)6-17-11(13)14-10(12)15-17/h7-8H,3-6H2,1-2H3/t7-,8-/m0/s1. The molecule has 2 rings (SSSR count). The fourth-order valence-electron chi connectivity index (χ4n) is 2.49. The van der Waals surface area contributed by atoms with Crippen molar-refractivity contribution >= 4 is 29.1 Å². The van der Waals surface area contributed by atoms with Crippen molar-refractivity contribution in [3.8, 4) is 0 Å². The Balaban J connectivity index is 2.01. The highest BCUT2D eigenvalue weighted by Gasteiger charge is 2.26. The first-order chi connectivity index (χ1) is 8.45. The molecule has 1 saturated heterocycles. The second-order valence-electron chi connectivity index (χ2n) is 5.05. The van der Waals surface area contributed by atoms with E-state index in [2.05, 4.69) is 23.9 Å². The number of likely N-dealkylation sites (tertiary alicyclic amines) is 1. The topological polar surface area (TPSA) is 51.0 Å². The molecule has 1 aliphatic heterocycles. The predicted octanol–water partition coefficient (Wildman–Crippen LogP) is 2.09. The molecule has 0 saturated carbocycles. The van der Waals surface area contributed by atoms with Gasteiger partial charge in [-0.15, -0.1) is 5.10 Å². The van der Waals surface area contributed by atoms with Crippen LogP contribution in [0.1, 0.15) is 20.3 Å². The lowest BCUT2D eigenvalue weighted by atomic mass is 9.92. The zero-order valence-corrected chi connectivity index (χ0v) is 11.9. The van der Waals surface area contributed by atoms with Gasteiger partial charge in [0.25, 0.3) is 0 Å². The van der Waals surface area contributed by atoms with Crippen molar-refractivity contribution in [1.82, 2.24) is 19.7 Å². The number of aromatic nitrogens is 3. The van der Waals surface area contributed by atoms with E-state index in [4.69, 9.17) is 23.2 Å². The van der Waals surface area contributed by atoms with Crippen molar-refractivity contribution in [2.75, 3.05) is 13.1 Å². The summed E-state index contributed by atoms with van der Waals surface area (Å²) in [6.45, 7) is 6.01. The lowest BCUT2D eigenvalue weighted by Gasteiger charge is -2.35. The highest BCUT2D eigenvalue weighted by atomic mass is 35.5. The molecule has 1 aromatic rings. The first-order valence-electron chi connectivity index (χ1n) is 5.99. The highest BCUT2D eigenvalue weighted by Crippen LogP contribution is 2.21. The Labute approximate surface area is 116 Å². The van der Waals surface area contributed by atoms with Crippen LogP contribution >= 0.6 is 23.2 Å². The van der Waals surface area contributed by atoms with E-state index in [1.165, 1.54) is 11.1 Å². The summed E-state index contributed by atoms with van der Waals surface area (Å²) >= 11 is 11.4. The van der Waals surface area contributed by atoms with Crippen LogP contribution in [0, 0.1) is 11.8 Å². The summed E-state index contributed by atoms with van der Waals surface area (Å²) < 4.78 is 1.33. The summed E-state index contributed by atoms with van der Waals surface area (Å²) in [7, 11) is 0. The van der Waals surface area contributed by atoms with Gasteiger partial charge >= 0.3 is 0 Å². The smallest absolute Gasteiger partial charge is 0.244 e. The minimum absolute atomic E-state index is 0.0110. The summed E-state index contributed by atoms with van der Waals surface area (Å²) in [6.07, 6.45) is 1.17. The lowest BCUT2D eigenvalue weighted by Crippen LogP contribution is -2.44. The Morgan fingerprint density at radius 1 is 1.33 bits per heavy atom. The largest absolute Gasteiger partial charge is 0.341 e. The molecule has 7 heteroatoms. The van der Waals surface area contributed by atoms with Gasteiger partial charge in [-0.1, -0.05) is 13.8 Å². The minimum atomic E-state index is 0.0110. The molecule has 0 aliphatic carbocycles. The minimum Gasteiger partial charge on any atom is -0.341 e. The zero-order chi connectivity index (χ0) is 13.3. The third-order valence-electron chi connectivity index (χ3n) is 3.11. The fourth-order valence-corrected chi connectivity index (χ4v) is 2.88. The SMILES string of the molecule is C[C@H]1C[C@H](C)CN(C(=O)Cn2nc(Cl)nc2Cl)C1. The van der Waals surface area contributed by atoms with Crippen molar-refractivity contribution < 1.29 is 4.79 Å². The van der Waals surface area contributed by atoms with Crippen molar-refractivity contribution in [2.45, 2.75) is 26.8 Å². The number of hydrogen-bond donors (Lipinski definition) is 0. The fraction of sp³-hybridized carbons (Fsp3) is 0.727. The molecule has 1 amide bonds. The number of hydrogen-bond acceptors (Lipinski definition) is 3. The first kappa shape index (κ1) is 13.6. The number of nitrogens with zero attached hydrogens (tertiary/aromatic N) is 4. The molecular weight excluding hydrogens is 275 g/mol. The quantitative estimate of drug-likeness (QED) is 0.838. The van der Waals surface area contributed by atoms with Gasteiger partial charge in [0.15, 0.2) is 0 Å². The van der Waals surface area contributed by atoms with E-state index >= 15 is 0 Å². The van der Waals surface area contributed by atoms with Gasteiger partial charge in [-0.05, 0) is 41.5 Å². The van der Waals surface area contributed by atoms with Crippen molar-refractivity contribution in [3.63, 3.8) is 0 Å². The van der Waals surface area contributed by atoms with Crippen LogP contribution in [-0.4, -0.2) is 38.7 Å². The number of carbonyl (C=O) groups excluding carboxylic acids is 1. The normalized spacial score (nSPS) is 24.3. The number of rotatable bonds is 2. The van der Waals surface area contributed by atoms with Gasteiger partial charge in [0.2, 0.25) is 16.5 Å². The first-order valence-corrected chi connectivity index (χ1v) is 6.75. The maximum absolute atomic E-state index is 12.2. The van der Waals surface area contributed by atoms with E-state index in [9.17, 15) is 4.79 Å². The van der Waals surface area contributed by atoms with Crippen molar-refractivity contribution in [2.24, 2.45) is 11.8 Å². The van der Waals surface area contributed by atoms with E-state index in [-0.39, 0.29) is 23.0 Å². The zero-order valence-electron chi connectivity index (χ0n) is 10.4. The molecule has 100 valence electrons. The molecule has 0 unspecified atom stereocenters. The van der Waals surface area contributed by atoms with Crippen LogP contribution in [0.25, 0.3) is 0 Å². The molecule has 0 spiro atoms. The van der Waals surface area contributed by atoms with Crippen LogP contribution in [-0.2, 0) is 11.3 Å². The molecule has 2 atom stereocenters. The van der Waals surface area contributed by atoms with Gasteiger partial charge < -0.3 is 4.90 Å². The van der Waals surface area contributed by atoms with Crippen LogP contribution in [0.4, 0.5) is 0 Å². The average molecular weight is 291 g/mol. The van der Waals surface area contributed by atoms with Crippen molar-refractivity contribution in [1.29, 1.82) is 0 Å². The Kier molecular flexibility index (Phi) is 4.12. The predicted molar refractivity (Wildman–Crippen MR) is 69.6 cm³/mol. The van der Waals surface area contributed by atoms with E-state index < -0.39 is 0 Å². The summed E-state index contributed by atoms with van der Waals surface area (Å²) in [5.41, 5.74) is 0. The van der Waals surface area contributed by atoms with Gasteiger partial charge in [0.05, 0.1) is 0 Å². The Morgan fingerprint density at radius 3 is 2.44 bits per heavy atom. The number of carbonyl (C=O) groups is 1. The molecule has 0 radical (unpaired) electrons. The van der Waals surface area contributed by atoms with Crippen LogP contribution in [0.15, 0.2) is 0 Å². The van der Waals surface area contributed by atoms with Gasteiger partial charge in [-0.2, -0.15) is 4.98 Å². The third-order valence-corrected chi connectivity index (χ3v) is 3.55. The van der Waals surface area contributed by atoms with Crippen LogP contribution in [0.2, 0.25) is 10.6 Å². The second kappa shape index (κ2) is 5.45. The van der Waals surface area contributed by atoms with Crippen LogP contribution < -0.4 is 0 Å². The van der Waals surface area contributed by atoms with Crippen LogP contribution in [0.3, 0.4) is 0 Å². The maximum Gasteiger partial charge on any atom is 0.244 e. The summed E-state index contributed by atoms with van der Waals surface area (Å²) in [5.74, 6) is 1.08. The van der Waals surface area contributed by atoms with E-state index in [0.29, 0.717) is 11.8 Å². The third kappa shape index (κ3) is 3.14. The summed E-state index contributed by atoms with van der Waals surface area (Å²) in [5, 5.41) is 4.08. The molecule has 5 nitrogen and oxygen atoms in total. The lowest BCUT2D eigenvalue weighted by molar-refractivity contribution is -0.134. The highest BCUT2D eigenvalue weighted by molar-refractivity contribution is 6.31. The van der Waals surface area contributed by atoms with Crippen molar-refractivity contribution in [3.05, 3.63) is 10.6 Å². The Bertz CT molecular complexity index is 438. The molecule has 0 N–H and O–H groups in total. The number of halogens is 2. The molecular formula is C11H16Cl2N4O. The monoisotopic (exact) mass is 290 g/mol. The van der Waals surface area contributed by atoms with E-state index in [1.807, 2.05) is 4.90 Å². The number of piperidine rings is 1. The molecule has 1 aromatic heterocycles. The average Bonchev–Trinajstić information content (AvgIpc) is 2.56. The number of amides is 1. The molecule has 18 heavy (non-hydrogen) atoms. The van der Waals surface area contributed by atoms with E-state index in [1.54, 1.807) is 0 Å². The Hall–Kier alpha value is -0.810. The summed E-state index contributed by atoms with van der Waals surface area (Å²) in [6, 6.07) is 0. The van der Waals surface area contributed by atoms with Gasteiger partial charge in [-0.3, -0.25) is 4.79 Å². The molecule has 1 fully saturated rings. The van der Waals surface area contributed by atoms with Crippen LogP contribution in [0.5, 0.6) is 0 Å². The summed E-state index contributed by atoms with van der Waals surface area (Å²) in [4.78, 5) is 17.8. The van der Waals surface area contributed by atoms with Gasteiger partial charge in [-0.25, -0.2) is 4.68 Å².